The summed E-state index contributed by atoms with van der Waals surface area (Å²) in [5.41, 5.74) is 4.21. The lowest BCUT2D eigenvalue weighted by molar-refractivity contribution is 1.22. The summed E-state index contributed by atoms with van der Waals surface area (Å²) in [6.45, 7) is 6.13. The Balaban J connectivity index is 3.24. The first-order chi connectivity index (χ1) is 6.69. The van der Waals surface area contributed by atoms with E-state index in [-0.39, 0.29) is 0 Å². The Morgan fingerprint density at radius 1 is 1.43 bits per heavy atom. The molecule has 1 heteroatoms. The average molecular weight is 185 g/mol. The van der Waals surface area contributed by atoms with Crippen molar-refractivity contribution in [2.24, 2.45) is 0 Å². The van der Waals surface area contributed by atoms with E-state index in [4.69, 9.17) is 5.26 Å². The van der Waals surface area contributed by atoms with Crippen molar-refractivity contribution >= 4 is 5.57 Å². The fourth-order valence-corrected chi connectivity index (χ4v) is 1.45. The van der Waals surface area contributed by atoms with E-state index in [2.05, 4.69) is 24.3 Å². The molecule has 0 atom stereocenters. The van der Waals surface area contributed by atoms with Crippen LogP contribution in [-0.2, 0) is 0 Å². The van der Waals surface area contributed by atoms with Crippen LogP contribution in [0.5, 0.6) is 0 Å². The second-order valence-corrected chi connectivity index (χ2v) is 3.46. The van der Waals surface area contributed by atoms with E-state index >= 15 is 0 Å². The zero-order valence-corrected chi connectivity index (χ0v) is 8.96. The standard InChI is InChI=1S/C13H15N/c1-4-5-12(9-14)13-8-10(2)6-7-11(13)3/h5-8H,4H2,1-3H3/b12-5+. The lowest BCUT2D eigenvalue weighted by Crippen LogP contribution is -1.88. The van der Waals surface area contributed by atoms with Crippen LogP contribution in [0.1, 0.15) is 30.0 Å². The number of allylic oxidation sites excluding steroid dienone is 2. The molecule has 0 aliphatic heterocycles. The van der Waals surface area contributed by atoms with Crippen LogP contribution in [-0.4, -0.2) is 0 Å². The molecule has 0 saturated heterocycles. The van der Waals surface area contributed by atoms with Gasteiger partial charge in [0.1, 0.15) is 0 Å². The van der Waals surface area contributed by atoms with Gasteiger partial charge in [0.2, 0.25) is 0 Å². The lowest BCUT2D eigenvalue weighted by atomic mass is 9.98. The zero-order chi connectivity index (χ0) is 10.6. The van der Waals surface area contributed by atoms with E-state index in [0.717, 1.165) is 23.1 Å². The van der Waals surface area contributed by atoms with Crippen molar-refractivity contribution in [2.75, 3.05) is 0 Å². The Morgan fingerprint density at radius 2 is 2.14 bits per heavy atom. The van der Waals surface area contributed by atoms with Crippen molar-refractivity contribution < 1.29 is 0 Å². The normalized spacial score (nSPS) is 11.1. The fraction of sp³-hybridized carbons (Fsp3) is 0.308. The summed E-state index contributed by atoms with van der Waals surface area (Å²) in [6, 6.07) is 8.45. The largest absolute Gasteiger partial charge is 0.192 e. The van der Waals surface area contributed by atoms with Gasteiger partial charge in [-0.2, -0.15) is 5.26 Å². The van der Waals surface area contributed by atoms with E-state index in [9.17, 15) is 0 Å². The number of benzene rings is 1. The molecule has 0 aliphatic rings. The molecule has 1 rings (SSSR count). The Hall–Kier alpha value is -1.55. The number of rotatable bonds is 2. The van der Waals surface area contributed by atoms with Gasteiger partial charge in [-0.25, -0.2) is 0 Å². The highest BCUT2D eigenvalue weighted by Crippen LogP contribution is 2.20. The first-order valence-electron chi connectivity index (χ1n) is 4.87. The summed E-state index contributed by atoms with van der Waals surface area (Å²) in [4.78, 5) is 0. The molecule has 0 radical (unpaired) electrons. The summed E-state index contributed by atoms with van der Waals surface area (Å²) in [5, 5.41) is 9.01. The minimum atomic E-state index is 0.786. The minimum absolute atomic E-state index is 0.786. The summed E-state index contributed by atoms with van der Waals surface area (Å²) in [5.74, 6) is 0. The number of aryl methyl sites for hydroxylation is 2. The maximum Gasteiger partial charge on any atom is 0.0994 e. The number of hydrogen-bond donors (Lipinski definition) is 0. The molecule has 14 heavy (non-hydrogen) atoms. The Morgan fingerprint density at radius 3 is 2.71 bits per heavy atom. The maximum atomic E-state index is 9.01. The topological polar surface area (TPSA) is 23.8 Å². The molecule has 0 saturated carbocycles. The van der Waals surface area contributed by atoms with Crippen molar-refractivity contribution in [3.05, 3.63) is 41.0 Å². The zero-order valence-electron chi connectivity index (χ0n) is 8.96. The van der Waals surface area contributed by atoms with Crippen molar-refractivity contribution in [3.63, 3.8) is 0 Å². The quantitative estimate of drug-likeness (QED) is 0.645. The Bertz CT molecular complexity index is 394. The number of nitrogens with zero attached hydrogens (tertiary/aromatic N) is 1. The van der Waals surface area contributed by atoms with Crippen LogP contribution >= 0.6 is 0 Å². The molecule has 1 aromatic rings. The van der Waals surface area contributed by atoms with Crippen molar-refractivity contribution in [1.82, 2.24) is 0 Å². The first kappa shape index (κ1) is 10.5. The molecule has 0 unspecified atom stereocenters. The third kappa shape index (κ3) is 2.23. The van der Waals surface area contributed by atoms with E-state index in [1.165, 1.54) is 5.56 Å². The monoisotopic (exact) mass is 185 g/mol. The van der Waals surface area contributed by atoms with Crippen LogP contribution in [0.4, 0.5) is 0 Å². The van der Waals surface area contributed by atoms with Gasteiger partial charge in [-0.05, 0) is 31.4 Å². The summed E-state index contributed by atoms with van der Waals surface area (Å²) in [6.07, 6.45) is 2.87. The van der Waals surface area contributed by atoms with Gasteiger partial charge in [-0.15, -0.1) is 0 Å². The maximum absolute atomic E-state index is 9.01. The second-order valence-electron chi connectivity index (χ2n) is 3.46. The van der Waals surface area contributed by atoms with Gasteiger partial charge in [0.15, 0.2) is 0 Å². The Kier molecular flexibility index (Phi) is 3.48. The molecule has 0 aromatic heterocycles. The van der Waals surface area contributed by atoms with Crippen LogP contribution in [0.2, 0.25) is 0 Å². The van der Waals surface area contributed by atoms with Crippen LogP contribution in [0.3, 0.4) is 0 Å². The summed E-state index contributed by atoms with van der Waals surface area (Å²) >= 11 is 0. The van der Waals surface area contributed by atoms with Crippen LogP contribution in [0.15, 0.2) is 24.3 Å². The highest BCUT2D eigenvalue weighted by molar-refractivity contribution is 5.78. The molecule has 1 aromatic carbocycles. The van der Waals surface area contributed by atoms with Gasteiger partial charge in [0, 0.05) is 0 Å². The van der Waals surface area contributed by atoms with Gasteiger partial charge in [-0.3, -0.25) is 0 Å². The van der Waals surface area contributed by atoms with Crippen LogP contribution < -0.4 is 0 Å². The average Bonchev–Trinajstić information content (AvgIpc) is 2.18. The van der Waals surface area contributed by atoms with Gasteiger partial charge < -0.3 is 0 Å². The van der Waals surface area contributed by atoms with Crippen molar-refractivity contribution in [3.8, 4) is 6.07 Å². The highest BCUT2D eigenvalue weighted by atomic mass is 14.2. The summed E-state index contributed by atoms with van der Waals surface area (Å²) < 4.78 is 0. The van der Waals surface area contributed by atoms with Gasteiger partial charge in [-0.1, -0.05) is 36.8 Å². The smallest absolute Gasteiger partial charge is 0.0994 e. The molecule has 0 heterocycles. The predicted octanol–water partition coefficient (Wildman–Crippen LogP) is 3.62. The van der Waals surface area contributed by atoms with Crippen LogP contribution in [0, 0.1) is 25.2 Å². The van der Waals surface area contributed by atoms with Crippen molar-refractivity contribution in [1.29, 1.82) is 5.26 Å². The highest BCUT2D eigenvalue weighted by Gasteiger charge is 2.03. The van der Waals surface area contributed by atoms with E-state index < -0.39 is 0 Å². The molecular formula is C13H15N. The second kappa shape index (κ2) is 4.62. The molecule has 72 valence electrons. The first-order valence-corrected chi connectivity index (χ1v) is 4.87. The molecular weight excluding hydrogens is 170 g/mol. The van der Waals surface area contributed by atoms with Gasteiger partial charge in [0.25, 0.3) is 0 Å². The molecule has 0 spiro atoms. The SMILES string of the molecule is CC/C=C(\C#N)c1cc(C)ccc1C. The lowest BCUT2D eigenvalue weighted by Gasteiger charge is -2.05. The van der Waals surface area contributed by atoms with Crippen molar-refractivity contribution in [2.45, 2.75) is 27.2 Å². The van der Waals surface area contributed by atoms with E-state index in [0.29, 0.717) is 0 Å². The number of hydrogen-bond acceptors (Lipinski definition) is 1. The molecule has 0 bridgehead atoms. The van der Waals surface area contributed by atoms with Gasteiger partial charge >= 0.3 is 0 Å². The van der Waals surface area contributed by atoms with E-state index in [1.54, 1.807) is 0 Å². The molecule has 1 nitrogen and oxygen atoms in total. The predicted molar refractivity (Wildman–Crippen MR) is 59.8 cm³/mol. The van der Waals surface area contributed by atoms with Gasteiger partial charge in [0.05, 0.1) is 11.6 Å². The Labute approximate surface area is 85.7 Å². The number of nitriles is 1. The molecule has 0 N–H and O–H groups in total. The fourth-order valence-electron chi connectivity index (χ4n) is 1.45. The van der Waals surface area contributed by atoms with Crippen LogP contribution in [0.25, 0.3) is 5.57 Å². The molecule has 0 amide bonds. The van der Waals surface area contributed by atoms with E-state index in [1.807, 2.05) is 26.8 Å². The third-order valence-electron chi connectivity index (χ3n) is 2.21. The molecule has 0 fully saturated rings. The molecule has 0 aliphatic carbocycles. The minimum Gasteiger partial charge on any atom is -0.192 e. The summed E-state index contributed by atoms with van der Waals surface area (Å²) in [7, 11) is 0. The third-order valence-corrected chi connectivity index (χ3v) is 2.21.